The highest BCUT2D eigenvalue weighted by Gasteiger charge is 2.30. The number of hydrogen-bond donors (Lipinski definition) is 1. The number of esters is 1. The van der Waals surface area contributed by atoms with Gasteiger partial charge in [0.05, 0.1) is 12.5 Å². The van der Waals surface area contributed by atoms with Crippen molar-refractivity contribution in [1.82, 2.24) is 5.32 Å². The van der Waals surface area contributed by atoms with Crippen LogP contribution in [0.4, 0.5) is 0 Å². The first kappa shape index (κ1) is 15.8. The third kappa shape index (κ3) is 4.10. The van der Waals surface area contributed by atoms with Crippen molar-refractivity contribution in [3.63, 3.8) is 0 Å². The average molecular weight is 267 g/mol. The van der Waals surface area contributed by atoms with Crippen LogP contribution < -0.4 is 5.32 Å². The fourth-order valence-electron chi connectivity index (χ4n) is 1.92. The maximum atomic E-state index is 11.6. The molecule has 1 rings (SSSR count). The minimum Gasteiger partial charge on any atom is -0.469 e. The van der Waals surface area contributed by atoms with Crippen molar-refractivity contribution in [3.05, 3.63) is 23.7 Å². The van der Waals surface area contributed by atoms with Gasteiger partial charge >= 0.3 is 5.97 Å². The molecule has 19 heavy (non-hydrogen) atoms. The third-order valence-electron chi connectivity index (χ3n) is 3.28. The lowest BCUT2D eigenvalue weighted by Gasteiger charge is -2.27. The Labute approximate surface area is 115 Å². The molecule has 1 aromatic rings. The zero-order valence-electron chi connectivity index (χ0n) is 12.8. The maximum absolute atomic E-state index is 11.6. The number of aryl methyl sites for hydroxylation is 1. The maximum Gasteiger partial charge on any atom is 0.312 e. The number of carbonyl (C=O) groups is 1. The molecule has 1 N–H and O–H groups in total. The highest BCUT2D eigenvalue weighted by atomic mass is 16.5. The van der Waals surface area contributed by atoms with E-state index in [0.29, 0.717) is 6.54 Å². The number of rotatable bonds is 6. The van der Waals surface area contributed by atoms with Crippen LogP contribution in [0, 0.1) is 12.3 Å². The second-order valence-corrected chi connectivity index (χ2v) is 6.27. The zero-order valence-corrected chi connectivity index (χ0v) is 12.8. The van der Waals surface area contributed by atoms with Crippen LogP contribution >= 0.6 is 0 Å². The van der Waals surface area contributed by atoms with Gasteiger partial charge in [-0.3, -0.25) is 4.79 Å². The normalized spacial score (nSPS) is 12.5. The van der Waals surface area contributed by atoms with E-state index in [1.54, 1.807) is 0 Å². The minimum atomic E-state index is -0.524. The molecule has 0 aliphatic rings. The SMILES string of the molecule is COC(=O)C(C)(C)CNCC(C)(C)c1ccc(C)o1. The van der Waals surface area contributed by atoms with E-state index in [9.17, 15) is 4.79 Å². The molecule has 0 saturated heterocycles. The summed E-state index contributed by atoms with van der Waals surface area (Å²) in [6.07, 6.45) is 0. The third-order valence-corrected chi connectivity index (χ3v) is 3.28. The van der Waals surface area contributed by atoms with Gasteiger partial charge in [0.25, 0.3) is 0 Å². The molecule has 0 aliphatic carbocycles. The summed E-state index contributed by atoms with van der Waals surface area (Å²) in [7, 11) is 1.42. The predicted octanol–water partition coefficient (Wildman–Crippen LogP) is 2.65. The van der Waals surface area contributed by atoms with Gasteiger partial charge in [0.1, 0.15) is 11.5 Å². The van der Waals surface area contributed by atoms with Gasteiger partial charge in [-0.1, -0.05) is 13.8 Å². The Kier molecular flexibility index (Phi) is 4.80. The molecule has 0 aliphatic heterocycles. The molecule has 0 atom stereocenters. The molecule has 1 aromatic heterocycles. The number of ether oxygens (including phenoxy) is 1. The Morgan fingerprint density at radius 2 is 1.89 bits per heavy atom. The summed E-state index contributed by atoms with van der Waals surface area (Å²) in [5.41, 5.74) is -0.635. The smallest absolute Gasteiger partial charge is 0.312 e. The highest BCUT2D eigenvalue weighted by Crippen LogP contribution is 2.25. The Morgan fingerprint density at radius 3 is 2.37 bits per heavy atom. The molecule has 0 fully saturated rings. The van der Waals surface area contributed by atoms with E-state index in [0.717, 1.165) is 18.1 Å². The summed E-state index contributed by atoms with van der Waals surface area (Å²) in [6, 6.07) is 3.97. The molecular weight excluding hydrogens is 242 g/mol. The molecule has 0 unspecified atom stereocenters. The average Bonchev–Trinajstić information content (AvgIpc) is 2.75. The Bertz CT molecular complexity index is 432. The first-order chi connectivity index (χ1) is 8.69. The molecule has 108 valence electrons. The van der Waals surface area contributed by atoms with Crippen molar-refractivity contribution in [2.24, 2.45) is 5.41 Å². The van der Waals surface area contributed by atoms with Gasteiger partial charge in [0, 0.05) is 18.5 Å². The van der Waals surface area contributed by atoms with E-state index >= 15 is 0 Å². The second kappa shape index (κ2) is 5.78. The quantitative estimate of drug-likeness (QED) is 0.805. The lowest BCUT2D eigenvalue weighted by molar-refractivity contribution is -0.150. The van der Waals surface area contributed by atoms with Crippen LogP contribution in [-0.2, 0) is 14.9 Å². The second-order valence-electron chi connectivity index (χ2n) is 6.27. The van der Waals surface area contributed by atoms with E-state index in [-0.39, 0.29) is 11.4 Å². The molecule has 0 spiro atoms. The number of nitrogens with one attached hydrogen (secondary N) is 1. The summed E-state index contributed by atoms with van der Waals surface area (Å²) < 4.78 is 10.5. The largest absolute Gasteiger partial charge is 0.469 e. The van der Waals surface area contributed by atoms with Gasteiger partial charge in [0.15, 0.2) is 0 Å². The molecule has 0 radical (unpaired) electrons. The van der Waals surface area contributed by atoms with E-state index < -0.39 is 5.41 Å². The van der Waals surface area contributed by atoms with Crippen molar-refractivity contribution in [2.45, 2.75) is 40.0 Å². The van der Waals surface area contributed by atoms with Gasteiger partial charge in [-0.2, -0.15) is 0 Å². The van der Waals surface area contributed by atoms with Crippen molar-refractivity contribution >= 4 is 5.97 Å². The summed E-state index contributed by atoms with van der Waals surface area (Å²) in [5.74, 6) is 1.66. The van der Waals surface area contributed by atoms with Crippen molar-refractivity contribution in [3.8, 4) is 0 Å². The summed E-state index contributed by atoms with van der Waals surface area (Å²) in [4.78, 5) is 11.6. The van der Waals surface area contributed by atoms with E-state index in [2.05, 4.69) is 19.2 Å². The fourth-order valence-corrected chi connectivity index (χ4v) is 1.92. The molecule has 0 saturated carbocycles. The Hall–Kier alpha value is -1.29. The molecule has 0 bridgehead atoms. The summed E-state index contributed by atoms with van der Waals surface area (Å²) >= 11 is 0. The highest BCUT2D eigenvalue weighted by molar-refractivity contribution is 5.76. The van der Waals surface area contributed by atoms with Crippen LogP contribution in [-0.4, -0.2) is 26.2 Å². The van der Waals surface area contributed by atoms with E-state index in [1.807, 2.05) is 32.9 Å². The van der Waals surface area contributed by atoms with Crippen molar-refractivity contribution in [2.75, 3.05) is 20.2 Å². The Balaban J connectivity index is 2.55. The van der Waals surface area contributed by atoms with Gasteiger partial charge in [-0.25, -0.2) is 0 Å². The minimum absolute atomic E-state index is 0.111. The van der Waals surface area contributed by atoms with Gasteiger partial charge < -0.3 is 14.5 Å². The van der Waals surface area contributed by atoms with Crippen molar-refractivity contribution in [1.29, 1.82) is 0 Å². The van der Waals surface area contributed by atoms with Gasteiger partial charge in [0.2, 0.25) is 0 Å². The van der Waals surface area contributed by atoms with E-state index in [1.165, 1.54) is 7.11 Å². The monoisotopic (exact) mass is 267 g/mol. The van der Waals surface area contributed by atoms with Gasteiger partial charge in [-0.15, -0.1) is 0 Å². The zero-order chi connectivity index (χ0) is 14.7. The summed E-state index contributed by atoms with van der Waals surface area (Å²) in [6.45, 7) is 11.2. The van der Waals surface area contributed by atoms with E-state index in [4.69, 9.17) is 9.15 Å². The van der Waals surface area contributed by atoms with Crippen LogP contribution in [0.15, 0.2) is 16.5 Å². The molecular formula is C15H25NO3. The molecule has 4 nitrogen and oxygen atoms in total. The molecule has 0 amide bonds. The predicted molar refractivity (Wildman–Crippen MR) is 75.1 cm³/mol. The first-order valence-corrected chi connectivity index (χ1v) is 6.55. The fraction of sp³-hybridized carbons (Fsp3) is 0.667. The molecule has 1 heterocycles. The number of carbonyl (C=O) groups excluding carboxylic acids is 1. The lowest BCUT2D eigenvalue weighted by atomic mass is 9.88. The number of methoxy groups -OCH3 is 1. The number of hydrogen-bond acceptors (Lipinski definition) is 4. The first-order valence-electron chi connectivity index (χ1n) is 6.55. The molecule has 0 aromatic carbocycles. The van der Waals surface area contributed by atoms with Crippen LogP contribution in [0.1, 0.15) is 39.2 Å². The summed E-state index contributed by atoms with van der Waals surface area (Å²) in [5, 5.41) is 3.33. The molecule has 4 heteroatoms. The topological polar surface area (TPSA) is 51.5 Å². The van der Waals surface area contributed by atoms with Crippen molar-refractivity contribution < 1.29 is 13.9 Å². The Morgan fingerprint density at radius 1 is 1.26 bits per heavy atom. The van der Waals surface area contributed by atoms with Crippen LogP contribution in [0.5, 0.6) is 0 Å². The van der Waals surface area contributed by atoms with Crippen LogP contribution in [0.25, 0.3) is 0 Å². The van der Waals surface area contributed by atoms with Crippen LogP contribution in [0.2, 0.25) is 0 Å². The van der Waals surface area contributed by atoms with Crippen LogP contribution in [0.3, 0.4) is 0 Å². The standard InChI is InChI=1S/C15H25NO3/c1-11-7-8-12(19-11)14(2,3)9-16-10-15(4,5)13(17)18-6/h7-8,16H,9-10H2,1-6H3. The van der Waals surface area contributed by atoms with Gasteiger partial charge in [-0.05, 0) is 32.9 Å². The lowest BCUT2D eigenvalue weighted by Crippen LogP contribution is -2.41. The number of furan rings is 1.